The van der Waals surface area contributed by atoms with Gasteiger partial charge in [0.25, 0.3) is 5.56 Å². The quantitative estimate of drug-likeness (QED) is 0.762. The van der Waals surface area contributed by atoms with Crippen molar-refractivity contribution in [2.24, 2.45) is 7.05 Å². The monoisotopic (exact) mass is 293 g/mol. The average Bonchev–Trinajstić information content (AvgIpc) is 2.93. The maximum Gasteiger partial charge on any atom is 0.279 e. The van der Waals surface area contributed by atoms with Crippen LogP contribution in [0.2, 0.25) is 0 Å². The lowest BCUT2D eigenvalue weighted by Gasteiger charge is -1.99. The Hall–Kier alpha value is -2.75. The molecule has 2 heterocycles. The van der Waals surface area contributed by atoms with Crippen LogP contribution in [0.15, 0.2) is 41.2 Å². The van der Waals surface area contributed by atoms with Gasteiger partial charge in [0, 0.05) is 18.4 Å². The molecule has 1 N–H and O–H groups in total. The number of para-hydroxylation sites is 1. The molecule has 0 atom stereocenters. The summed E-state index contributed by atoms with van der Waals surface area (Å²) >= 11 is 0. The lowest BCUT2D eigenvalue weighted by Crippen LogP contribution is -2.34. The first kappa shape index (κ1) is 14.2. The van der Waals surface area contributed by atoms with E-state index >= 15 is 0 Å². The van der Waals surface area contributed by atoms with Gasteiger partial charge in [-0.3, -0.25) is 9.89 Å². The van der Waals surface area contributed by atoms with E-state index in [1.165, 1.54) is 4.68 Å². The Bertz CT molecular complexity index is 988. The van der Waals surface area contributed by atoms with Crippen molar-refractivity contribution in [1.82, 2.24) is 14.3 Å². The molecular formula is C18H19N3O. The molecule has 1 aromatic carbocycles. The summed E-state index contributed by atoms with van der Waals surface area (Å²) in [4.78, 5) is 12.7. The van der Waals surface area contributed by atoms with E-state index in [4.69, 9.17) is 0 Å². The van der Waals surface area contributed by atoms with E-state index in [0.717, 1.165) is 22.6 Å². The maximum atomic E-state index is 12.7. The summed E-state index contributed by atoms with van der Waals surface area (Å²) in [5, 5.41) is 4.26. The van der Waals surface area contributed by atoms with Crippen molar-refractivity contribution in [2.45, 2.75) is 13.8 Å². The zero-order valence-electron chi connectivity index (χ0n) is 13.1. The summed E-state index contributed by atoms with van der Waals surface area (Å²) in [6.07, 6.45) is 1.91. The Morgan fingerprint density at radius 1 is 1.18 bits per heavy atom. The molecule has 2 aromatic heterocycles. The molecule has 0 aliphatic carbocycles. The highest BCUT2D eigenvalue weighted by atomic mass is 16.1. The van der Waals surface area contributed by atoms with Crippen LogP contribution in [0.25, 0.3) is 18.3 Å². The Morgan fingerprint density at radius 2 is 1.86 bits per heavy atom. The number of hydrogen-bond donors (Lipinski definition) is 1. The van der Waals surface area contributed by atoms with Gasteiger partial charge in [-0.2, -0.15) is 0 Å². The highest BCUT2D eigenvalue weighted by Gasteiger charge is 2.07. The van der Waals surface area contributed by atoms with Gasteiger partial charge in [0.1, 0.15) is 0 Å². The molecule has 0 spiro atoms. The van der Waals surface area contributed by atoms with E-state index in [9.17, 15) is 4.79 Å². The normalized spacial score (nSPS) is 12.0. The minimum atomic E-state index is -0.0860. The van der Waals surface area contributed by atoms with Crippen LogP contribution < -0.4 is 16.1 Å². The highest BCUT2D eigenvalue weighted by molar-refractivity contribution is 5.53. The smallest absolute Gasteiger partial charge is 0.279 e. The number of benzene rings is 1. The van der Waals surface area contributed by atoms with Crippen molar-refractivity contribution < 1.29 is 0 Å². The molecule has 4 heteroatoms. The van der Waals surface area contributed by atoms with Crippen molar-refractivity contribution in [1.29, 1.82) is 0 Å². The van der Waals surface area contributed by atoms with Gasteiger partial charge in [0.05, 0.1) is 16.3 Å². The van der Waals surface area contributed by atoms with Gasteiger partial charge in [-0.25, -0.2) is 4.68 Å². The van der Waals surface area contributed by atoms with Gasteiger partial charge in [0.15, 0.2) is 0 Å². The van der Waals surface area contributed by atoms with E-state index in [1.807, 2.05) is 50.4 Å². The van der Waals surface area contributed by atoms with Crippen molar-refractivity contribution in [3.63, 3.8) is 0 Å². The predicted molar refractivity (Wildman–Crippen MR) is 89.6 cm³/mol. The molecule has 0 fully saturated rings. The molecule has 0 amide bonds. The van der Waals surface area contributed by atoms with Crippen molar-refractivity contribution in [3.8, 4) is 5.69 Å². The van der Waals surface area contributed by atoms with E-state index in [-0.39, 0.29) is 5.56 Å². The van der Waals surface area contributed by atoms with Crippen LogP contribution in [-0.4, -0.2) is 14.3 Å². The molecule has 22 heavy (non-hydrogen) atoms. The van der Waals surface area contributed by atoms with Crippen molar-refractivity contribution in [2.75, 3.05) is 0 Å². The summed E-state index contributed by atoms with van der Waals surface area (Å²) in [5.41, 5.74) is 4.05. The van der Waals surface area contributed by atoms with E-state index in [2.05, 4.69) is 29.2 Å². The number of hydrogen-bond acceptors (Lipinski definition) is 1. The Kier molecular flexibility index (Phi) is 3.37. The second kappa shape index (κ2) is 5.22. The molecule has 112 valence electrons. The fraction of sp³-hybridized carbons (Fsp3) is 0.167. The first-order valence-corrected chi connectivity index (χ1v) is 7.19. The number of aryl methyl sites for hydroxylation is 1. The van der Waals surface area contributed by atoms with Crippen LogP contribution in [-0.2, 0) is 7.05 Å². The highest BCUT2D eigenvalue weighted by Crippen LogP contribution is 2.13. The molecule has 3 rings (SSSR count). The second-order valence-electron chi connectivity index (χ2n) is 5.51. The van der Waals surface area contributed by atoms with Crippen LogP contribution >= 0.6 is 0 Å². The summed E-state index contributed by atoms with van der Waals surface area (Å²) < 4.78 is 3.64. The molecule has 4 nitrogen and oxygen atoms in total. The summed E-state index contributed by atoms with van der Waals surface area (Å²) in [5.74, 6) is 0. The van der Waals surface area contributed by atoms with Crippen LogP contribution in [0.4, 0.5) is 0 Å². The fourth-order valence-corrected chi connectivity index (χ4v) is 2.59. The number of nitrogens with one attached hydrogen (secondary N) is 1. The molecule has 0 unspecified atom stereocenters. The molecule has 0 radical (unpaired) electrons. The Labute approximate surface area is 128 Å². The van der Waals surface area contributed by atoms with E-state index < -0.39 is 0 Å². The Balaban J connectivity index is 2.23. The molecule has 0 saturated carbocycles. The number of aromatic nitrogens is 3. The van der Waals surface area contributed by atoms with Crippen LogP contribution in [0.3, 0.4) is 0 Å². The van der Waals surface area contributed by atoms with Gasteiger partial charge in [0.2, 0.25) is 0 Å². The largest absolute Gasteiger partial charge is 0.352 e. The lowest BCUT2D eigenvalue weighted by molar-refractivity contribution is 0.838. The van der Waals surface area contributed by atoms with Gasteiger partial charge in [-0.15, -0.1) is 0 Å². The number of aromatic amines is 1. The zero-order chi connectivity index (χ0) is 15.9. The maximum absolute atomic E-state index is 12.7. The van der Waals surface area contributed by atoms with Crippen LogP contribution in [0.5, 0.6) is 0 Å². The molecule has 0 aliphatic heterocycles. The minimum Gasteiger partial charge on any atom is -0.352 e. The third-order valence-corrected chi connectivity index (χ3v) is 4.13. The minimum absolute atomic E-state index is 0.0860. The second-order valence-corrected chi connectivity index (χ2v) is 5.51. The summed E-state index contributed by atoms with van der Waals surface area (Å²) in [6.45, 7) is 8.06. The fourth-order valence-electron chi connectivity index (χ4n) is 2.59. The number of H-pyrrole nitrogens is 1. The number of rotatable bonds is 2. The molecule has 0 saturated heterocycles. The molecule has 0 bridgehead atoms. The standard InChI is InChI=1S/C18H19N3O/c1-12-10-15(14(3)20(12)4)11-17-13(2)19-21(18(17)22)16-8-6-5-7-9-16/h5-11,19H,2H2,1,3-4H3/b17-11+. The van der Waals surface area contributed by atoms with Crippen molar-refractivity contribution in [3.05, 3.63) is 74.3 Å². The van der Waals surface area contributed by atoms with Gasteiger partial charge < -0.3 is 4.57 Å². The Morgan fingerprint density at radius 3 is 2.45 bits per heavy atom. The number of nitrogens with zero attached hydrogens (tertiary/aromatic N) is 2. The van der Waals surface area contributed by atoms with Gasteiger partial charge in [-0.05, 0) is 43.7 Å². The average molecular weight is 293 g/mol. The lowest BCUT2D eigenvalue weighted by atomic mass is 10.2. The summed E-state index contributed by atoms with van der Waals surface area (Å²) in [6, 6.07) is 11.6. The molecule has 3 aromatic rings. The molecular weight excluding hydrogens is 274 g/mol. The summed E-state index contributed by atoms with van der Waals surface area (Å²) in [7, 11) is 2.02. The third-order valence-electron chi connectivity index (χ3n) is 4.13. The van der Waals surface area contributed by atoms with E-state index in [0.29, 0.717) is 10.6 Å². The van der Waals surface area contributed by atoms with Crippen LogP contribution in [0, 0.1) is 13.8 Å². The first-order valence-electron chi connectivity index (χ1n) is 7.19. The predicted octanol–water partition coefficient (Wildman–Crippen LogP) is 1.36. The van der Waals surface area contributed by atoms with Crippen LogP contribution in [0.1, 0.15) is 17.0 Å². The molecule has 0 aliphatic rings. The van der Waals surface area contributed by atoms with Gasteiger partial charge in [-0.1, -0.05) is 24.8 Å². The third kappa shape index (κ3) is 2.22. The zero-order valence-corrected chi connectivity index (χ0v) is 13.1. The van der Waals surface area contributed by atoms with E-state index in [1.54, 1.807) is 0 Å². The first-order chi connectivity index (χ1) is 10.5. The van der Waals surface area contributed by atoms with Gasteiger partial charge >= 0.3 is 0 Å². The SMILES string of the molecule is C=c1[nH]n(-c2ccccc2)c(=O)/c1=C/c1cc(C)n(C)c1C. The topological polar surface area (TPSA) is 42.7 Å². The van der Waals surface area contributed by atoms with Crippen molar-refractivity contribution >= 4 is 12.7 Å².